The van der Waals surface area contributed by atoms with Gasteiger partial charge in [0.1, 0.15) is 5.82 Å². The van der Waals surface area contributed by atoms with Crippen molar-refractivity contribution in [3.8, 4) is 0 Å². The van der Waals surface area contributed by atoms with Crippen LogP contribution in [0.3, 0.4) is 0 Å². The minimum atomic E-state index is -0.0991. The van der Waals surface area contributed by atoms with Gasteiger partial charge in [-0.3, -0.25) is 4.79 Å². The second kappa shape index (κ2) is 8.91. The predicted molar refractivity (Wildman–Crippen MR) is 113 cm³/mol. The quantitative estimate of drug-likeness (QED) is 0.428. The third-order valence-corrected chi connectivity index (χ3v) is 5.28. The Labute approximate surface area is 172 Å². The molecular weight excluding hydrogens is 386 g/mol. The number of amides is 1. The van der Waals surface area contributed by atoms with E-state index in [1.54, 1.807) is 0 Å². The average molecular weight is 407 g/mol. The molecule has 0 aliphatic rings. The highest BCUT2D eigenvalue weighted by molar-refractivity contribution is 7.99. The molecule has 1 amide bonds. The van der Waals surface area contributed by atoms with Crippen molar-refractivity contribution < 1.29 is 9.21 Å². The minimum Gasteiger partial charge on any atom is -0.416 e. The number of anilines is 1. The summed E-state index contributed by atoms with van der Waals surface area (Å²) in [7, 11) is 0. The van der Waals surface area contributed by atoms with Gasteiger partial charge in [0.15, 0.2) is 0 Å². The predicted octanol–water partition coefficient (Wildman–Crippen LogP) is 4.02. The fourth-order valence-electron chi connectivity index (χ4n) is 3.01. The molecule has 0 unspecified atom stereocenters. The van der Waals surface area contributed by atoms with Crippen molar-refractivity contribution in [3.63, 3.8) is 0 Å². The Morgan fingerprint density at radius 2 is 1.93 bits per heavy atom. The summed E-state index contributed by atoms with van der Waals surface area (Å²) in [4.78, 5) is 20.1. The van der Waals surface area contributed by atoms with Crippen LogP contribution in [0.4, 0.5) is 5.69 Å². The van der Waals surface area contributed by atoms with Gasteiger partial charge in [0.2, 0.25) is 11.8 Å². The number of thioether (sulfide) groups is 1. The molecule has 0 atom stereocenters. The standard InChI is InChI=1S/C21H21N5O2S/c1-2-14-7-3-4-8-15(14)24-19(27)13-29-21-26-25-20(28-21)12-11-18-22-16-9-5-6-10-17(16)23-18/h3-10H,2,11-13H2,1H3,(H,22,23)(H,24,27). The molecule has 0 aliphatic heterocycles. The molecule has 2 aromatic heterocycles. The number of H-pyrrole nitrogens is 1. The van der Waals surface area contributed by atoms with E-state index in [0.717, 1.165) is 34.5 Å². The van der Waals surface area contributed by atoms with Crippen molar-refractivity contribution in [3.05, 3.63) is 65.8 Å². The number of hydrogen-bond donors (Lipinski definition) is 2. The van der Waals surface area contributed by atoms with Crippen LogP contribution in [0, 0.1) is 0 Å². The smallest absolute Gasteiger partial charge is 0.277 e. The molecule has 0 saturated heterocycles. The molecule has 0 bridgehead atoms. The molecule has 8 heteroatoms. The van der Waals surface area contributed by atoms with E-state index in [0.29, 0.717) is 24.0 Å². The van der Waals surface area contributed by atoms with Crippen LogP contribution in [0.5, 0.6) is 0 Å². The van der Waals surface area contributed by atoms with Crippen molar-refractivity contribution in [2.45, 2.75) is 31.4 Å². The lowest BCUT2D eigenvalue weighted by atomic mass is 10.1. The van der Waals surface area contributed by atoms with Gasteiger partial charge in [-0.15, -0.1) is 10.2 Å². The average Bonchev–Trinajstić information content (AvgIpc) is 3.37. The Balaban J connectivity index is 1.28. The van der Waals surface area contributed by atoms with Crippen molar-refractivity contribution in [2.24, 2.45) is 0 Å². The van der Waals surface area contributed by atoms with Crippen LogP contribution < -0.4 is 5.32 Å². The molecule has 29 heavy (non-hydrogen) atoms. The van der Waals surface area contributed by atoms with E-state index < -0.39 is 0 Å². The van der Waals surface area contributed by atoms with Crippen molar-refractivity contribution >= 4 is 34.4 Å². The number of aromatic nitrogens is 4. The zero-order chi connectivity index (χ0) is 20.1. The molecule has 0 fully saturated rings. The Bertz CT molecular complexity index is 1090. The Morgan fingerprint density at radius 3 is 2.79 bits per heavy atom. The lowest BCUT2D eigenvalue weighted by molar-refractivity contribution is -0.113. The van der Waals surface area contributed by atoms with Gasteiger partial charge < -0.3 is 14.7 Å². The fraction of sp³-hybridized carbons (Fsp3) is 0.238. The van der Waals surface area contributed by atoms with Gasteiger partial charge in [-0.05, 0) is 30.2 Å². The summed E-state index contributed by atoms with van der Waals surface area (Å²) in [6, 6.07) is 15.7. The van der Waals surface area contributed by atoms with E-state index in [-0.39, 0.29) is 11.7 Å². The first kappa shape index (κ1) is 19.2. The van der Waals surface area contributed by atoms with Gasteiger partial charge in [-0.25, -0.2) is 4.98 Å². The molecule has 0 radical (unpaired) electrons. The number of imidazole rings is 1. The zero-order valence-electron chi connectivity index (χ0n) is 16.0. The van der Waals surface area contributed by atoms with Gasteiger partial charge in [-0.1, -0.05) is 49.0 Å². The maximum absolute atomic E-state index is 12.2. The molecule has 0 aliphatic carbocycles. The number of rotatable bonds is 8. The number of para-hydroxylation sites is 3. The molecule has 2 N–H and O–H groups in total. The maximum Gasteiger partial charge on any atom is 0.277 e. The third kappa shape index (κ3) is 4.83. The number of hydrogen-bond acceptors (Lipinski definition) is 6. The number of nitrogens with zero attached hydrogens (tertiary/aromatic N) is 3. The first-order valence-corrected chi connectivity index (χ1v) is 10.5. The molecule has 2 heterocycles. The van der Waals surface area contributed by atoms with Crippen LogP contribution in [0.1, 0.15) is 24.2 Å². The molecule has 4 aromatic rings. The van der Waals surface area contributed by atoms with Crippen LogP contribution in [-0.2, 0) is 24.1 Å². The number of carbonyl (C=O) groups excluding carboxylic acids is 1. The number of nitrogens with one attached hydrogen (secondary N) is 2. The van der Waals surface area contributed by atoms with Gasteiger partial charge in [0.25, 0.3) is 5.22 Å². The van der Waals surface area contributed by atoms with Gasteiger partial charge in [0, 0.05) is 18.5 Å². The Morgan fingerprint density at radius 1 is 1.10 bits per heavy atom. The van der Waals surface area contributed by atoms with Gasteiger partial charge >= 0.3 is 0 Å². The maximum atomic E-state index is 12.2. The zero-order valence-corrected chi connectivity index (χ0v) is 16.8. The van der Waals surface area contributed by atoms with Crippen LogP contribution >= 0.6 is 11.8 Å². The summed E-state index contributed by atoms with van der Waals surface area (Å²) >= 11 is 1.23. The Kier molecular flexibility index (Phi) is 5.90. The summed E-state index contributed by atoms with van der Waals surface area (Å²) < 4.78 is 5.64. The van der Waals surface area contributed by atoms with Crippen LogP contribution in [0.25, 0.3) is 11.0 Å². The van der Waals surface area contributed by atoms with E-state index in [4.69, 9.17) is 4.42 Å². The van der Waals surface area contributed by atoms with E-state index in [2.05, 4.69) is 32.4 Å². The van der Waals surface area contributed by atoms with Crippen molar-refractivity contribution in [1.29, 1.82) is 0 Å². The highest BCUT2D eigenvalue weighted by Crippen LogP contribution is 2.19. The summed E-state index contributed by atoms with van der Waals surface area (Å²) in [5.41, 5.74) is 3.91. The van der Waals surface area contributed by atoms with Crippen molar-refractivity contribution in [1.82, 2.24) is 20.2 Å². The second-order valence-corrected chi connectivity index (χ2v) is 7.44. The fourth-order valence-corrected chi connectivity index (χ4v) is 3.59. The lowest BCUT2D eigenvalue weighted by Gasteiger charge is -2.08. The molecule has 148 valence electrons. The Hall–Kier alpha value is -3.13. The molecule has 0 saturated carbocycles. The monoisotopic (exact) mass is 407 g/mol. The second-order valence-electron chi connectivity index (χ2n) is 6.51. The number of aromatic amines is 1. The first-order valence-electron chi connectivity index (χ1n) is 9.48. The molecule has 7 nitrogen and oxygen atoms in total. The topological polar surface area (TPSA) is 96.7 Å². The molecule has 4 rings (SSSR count). The summed E-state index contributed by atoms with van der Waals surface area (Å²) in [6.45, 7) is 2.06. The normalized spacial score (nSPS) is 11.1. The number of fused-ring (bicyclic) bond motifs is 1. The lowest BCUT2D eigenvalue weighted by Crippen LogP contribution is -2.15. The highest BCUT2D eigenvalue weighted by atomic mass is 32.2. The van der Waals surface area contributed by atoms with Crippen LogP contribution in [0.15, 0.2) is 58.2 Å². The largest absolute Gasteiger partial charge is 0.416 e. The van der Waals surface area contributed by atoms with Gasteiger partial charge in [0.05, 0.1) is 16.8 Å². The number of aryl methyl sites for hydroxylation is 3. The number of benzene rings is 2. The van der Waals surface area contributed by atoms with E-state index >= 15 is 0 Å². The van der Waals surface area contributed by atoms with Gasteiger partial charge in [-0.2, -0.15) is 0 Å². The van der Waals surface area contributed by atoms with Crippen LogP contribution in [-0.4, -0.2) is 31.8 Å². The summed E-state index contributed by atoms with van der Waals surface area (Å²) in [6.07, 6.45) is 2.13. The van der Waals surface area contributed by atoms with E-state index in [9.17, 15) is 4.79 Å². The summed E-state index contributed by atoms with van der Waals surface area (Å²) in [5.74, 6) is 1.53. The SMILES string of the molecule is CCc1ccccc1NC(=O)CSc1nnc(CCc2nc3ccccc3[nH]2)o1. The number of carbonyl (C=O) groups is 1. The van der Waals surface area contributed by atoms with Crippen LogP contribution in [0.2, 0.25) is 0 Å². The van der Waals surface area contributed by atoms with Crippen molar-refractivity contribution in [2.75, 3.05) is 11.1 Å². The summed E-state index contributed by atoms with van der Waals surface area (Å²) in [5, 5.41) is 11.4. The van der Waals surface area contributed by atoms with E-state index in [1.807, 2.05) is 48.5 Å². The molecular formula is C21H21N5O2S. The molecule has 2 aromatic carbocycles. The highest BCUT2D eigenvalue weighted by Gasteiger charge is 2.12. The molecule has 0 spiro atoms. The third-order valence-electron chi connectivity index (χ3n) is 4.46. The van der Waals surface area contributed by atoms with E-state index in [1.165, 1.54) is 11.8 Å². The first-order chi connectivity index (χ1) is 14.2. The minimum absolute atomic E-state index is 0.0991.